The number of carbonyl (C=O) groups is 1. The Labute approximate surface area is 146 Å². The summed E-state index contributed by atoms with van der Waals surface area (Å²) in [7, 11) is 0. The lowest BCUT2D eigenvalue weighted by atomic mass is 9.87. The molecule has 2 aromatic heterocycles. The van der Waals surface area contributed by atoms with E-state index in [2.05, 4.69) is 19.9 Å². The summed E-state index contributed by atoms with van der Waals surface area (Å²) in [5.74, 6) is 0.714. The van der Waals surface area contributed by atoms with Gasteiger partial charge in [0, 0.05) is 50.2 Å². The van der Waals surface area contributed by atoms with Gasteiger partial charge in [0.2, 0.25) is 5.95 Å². The van der Waals surface area contributed by atoms with Gasteiger partial charge in [-0.05, 0) is 24.6 Å². The average molecular weight is 339 g/mol. The third kappa shape index (κ3) is 3.32. The van der Waals surface area contributed by atoms with E-state index in [1.165, 1.54) is 0 Å². The number of hydrogen-bond acceptors (Lipinski definition) is 6. The van der Waals surface area contributed by atoms with E-state index in [4.69, 9.17) is 4.74 Å². The molecule has 0 saturated carbocycles. The molecule has 2 aliphatic heterocycles. The minimum Gasteiger partial charge on any atom is -0.379 e. The molecule has 1 spiro atoms. The lowest BCUT2D eigenvalue weighted by molar-refractivity contribution is 0.0686. The van der Waals surface area contributed by atoms with E-state index in [9.17, 15) is 4.79 Å². The van der Waals surface area contributed by atoms with Crippen LogP contribution in [0.25, 0.3) is 0 Å². The van der Waals surface area contributed by atoms with E-state index in [-0.39, 0.29) is 11.3 Å². The monoisotopic (exact) mass is 339 g/mol. The lowest BCUT2D eigenvalue weighted by Crippen LogP contribution is -2.43. The van der Waals surface area contributed by atoms with E-state index in [1.807, 2.05) is 23.1 Å². The first-order valence-electron chi connectivity index (χ1n) is 8.56. The maximum atomic E-state index is 12.8. The third-order valence-electron chi connectivity index (χ3n) is 4.88. The number of rotatable bonds is 2. The van der Waals surface area contributed by atoms with Gasteiger partial charge in [0.25, 0.3) is 5.91 Å². The molecule has 2 fully saturated rings. The summed E-state index contributed by atoms with van der Waals surface area (Å²) in [6.07, 6.45) is 6.13. The molecule has 4 rings (SSSR count). The number of hydrogen-bond donors (Lipinski definition) is 0. The molecule has 25 heavy (non-hydrogen) atoms. The highest BCUT2D eigenvalue weighted by atomic mass is 16.5. The van der Waals surface area contributed by atoms with E-state index < -0.39 is 0 Å². The van der Waals surface area contributed by atoms with Gasteiger partial charge in [0.05, 0.1) is 13.2 Å². The largest absolute Gasteiger partial charge is 0.379 e. The van der Waals surface area contributed by atoms with Gasteiger partial charge in [-0.25, -0.2) is 9.97 Å². The zero-order chi connectivity index (χ0) is 17.1. The Bertz CT molecular complexity index is 727. The van der Waals surface area contributed by atoms with E-state index in [0.717, 1.165) is 25.5 Å². The first-order chi connectivity index (χ1) is 12.3. The quantitative estimate of drug-likeness (QED) is 0.820. The zero-order valence-electron chi connectivity index (χ0n) is 14.0. The predicted octanol–water partition coefficient (Wildman–Crippen LogP) is 1.24. The Morgan fingerprint density at radius 1 is 1.04 bits per heavy atom. The third-order valence-corrected chi connectivity index (χ3v) is 4.88. The van der Waals surface area contributed by atoms with Crippen LogP contribution in [0.2, 0.25) is 0 Å². The average Bonchev–Trinajstić information content (AvgIpc) is 2.97. The molecular weight excluding hydrogens is 318 g/mol. The number of aromatic nitrogens is 3. The zero-order valence-corrected chi connectivity index (χ0v) is 14.0. The van der Waals surface area contributed by atoms with Gasteiger partial charge in [-0.2, -0.15) is 0 Å². The molecule has 0 aliphatic carbocycles. The van der Waals surface area contributed by atoms with Crippen LogP contribution in [0.5, 0.6) is 0 Å². The van der Waals surface area contributed by atoms with Gasteiger partial charge >= 0.3 is 0 Å². The molecule has 0 radical (unpaired) electrons. The molecule has 1 amide bonds. The SMILES string of the molecule is O=C(c1ccccn1)N1CCOC[C@]2(CCN(c3ncccn3)C2)C1. The second-order valence-corrected chi connectivity index (χ2v) is 6.71. The molecule has 0 unspecified atom stereocenters. The number of pyridine rings is 1. The summed E-state index contributed by atoms with van der Waals surface area (Å²) in [5, 5.41) is 0. The molecule has 2 saturated heterocycles. The minimum absolute atomic E-state index is 0.0279. The summed E-state index contributed by atoms with van der Waals surface area (Å²) in [6.45, 7) is 4.15. The maximum Gasteiger partial charge on any atom is 0.272 e. The fraction of sp³-hybridized carbons (Fsp3) is 0.444. The van der Waals surface area contributed by atoms with Gasteiger partial charge in [0.1, 0.15) is 5.69 Å². The second-order valence-electron chi connectivity index (χ2n) is 6.71. The Hall–Kier alpha value is -2.54. The van der Waals surface area contributed by atoms with Crippen molar-refractivity contribution in [3.63, 3.8) is 0 Å². The standard InChI is InChI=1S/C18H21N5O2/c24-16(15-4-1-2-6-19-15)22-10-11-25-14-18(12-22)5-9-23(13-18)17-20-7-3-8-21-17/h1-4,6-8H,5,9-14H2/t18-/m1/s1. The Morgan fingerprint density at radius 2 is 1.88 bits per heavy atom. The molecular formula is C18H21N5O2. The summed E-state index contributed by atoms with van der Waals surface area (Å²) in [4.78, 5) is 29.8. The van der Waals surface area contributed by atoms with E-state index >= 15 is 0 Å². The summed E-state index contributed by atoms with van der Waals surface area (Å²) in [6, 6.07) is 7.24. The van der Waals surface area contributed by atoms with Crippen LogP contribution in [-0.2, 0) is 4.74 Å². The van der Waals surface area contributed by atoms with Gasteiger partial charge in [0.15, 0.2) is 0 Å². The molecule has 0 N–H and O–H groups in total. The van der Waals surface area contributed by atoms with Crippen LogP contribution in [0.4, 0.5) is 5.95 Å². The van der Waals surface area contributed by atoms with E-state index in [1.54, 1.807) is 24.7 Å². The minimum atomic E-state index is -0.0832. The highest BCUT2D eigenvalue weighted by Crippen LogP contribution is 2.35. The van der Waals surface area contributed by atoms with Gasteiger partial charge in [-0.15, -0.1) is 0 Å². The van der Waals surface area contributed by atoms with Crippen molar-refractivity contribution in [2.45, 2.75) is 6.42 Å². The topological polar surface area (TPSA) is 71.5 Å². The summed E-state index contributed by atoms with van der Waals surface area (Å²) in [5.41, 5.74) is 0.404. The molecule has 0 bridgehead atoms. The van der Waals surface area contributed by atoms with Gasteiger partial charge in [-0.3, -0.25) is 9.78 Å². The van der Waals surface area contributed by atoms with Gasteiger partial charge < -0.3 is 14.5 Å². The highest BCUT2D eigenvalue weighted by Gasteiger charge is 2.43. The van der Waals surface area contributed by atoms with Crippen molar-refractivity contribution in [2.24, 2.45) is 5.41 Å². The van der Waals surface area contributed by atoms with Crippen molar-refractivity contribution >= 4 is 11.9 Å². The molecule has 0 aromatic carbocycles. The lowest BCUT2D eigenvalue weighted by Gasteiger charge is -2.31. The van der Waals surface area contributed by atoms with Crippen molar-refractivity contribution < 1.29 is 9.53 Å². The van der Waals surface area contributed by atoms with Crippen LogP contribution in [0.15, 0.2) is 42.9 Å². The normalized spacial score (nSPS) is 23.7. The number of ether oxygens (including phenoxy) is 1. The Balaban J connectivity index is 1.51. The molecule has 130 valence electrons. The molecule has 7 heteroatoms. The van der Waals surface area contributed by atoms with Gasteiger partial charge in [-0.1, -0.05) is 6.07 Å². The number of anilines is 1. The number of nitrogens with zero attached hydrogens (tertiary/aromatic N) is 5. The van der Waals surface area contributed by atoms with Crippen LogP contribution < -0.4 is 4.90 Å². The van der Waals surface area contributed by atoms with Crippen molar-refractivity contribution in [3.05, 3.63) is 48.5 Å². The highest BCUT2D eigenvalue weighted by molar-refractivity contribution is 5.92. The maximum absolute atomic E-state index is 12.8. The first-order valence-corrected chi connectivity index (χ1v) is 8.56. The summed E-state index contributed by atoms with van der Waals surface area (Å²) < 4.78 is 5.85. The van der Waals surface area contributed by atoms with Crippen LogP contribution >= 0.6 is 0 Å². The van der Waals surface area contributed by atoms with Crippen LogP contribution in [-0.4, -0.2) is 65.2 Å². The van der Waals surface area contributed by atoms with E-state index in [0.29, 0.717) is 32.0 Å². The van der Waals surface area contributed by atoms with Crippen LogP contribution in [0.3, 0.4) is 0 Å². The Morgan fingerprint density at radius 3 is 2.68 bits per heavy atom. The fourth-order valence-electron chi connectivity index (χ4n) is 3.62. The molecule has 1 atom stereocenters. The van der Waals surface area contributed by atoms with Crippen molar-refractivity contribution in [1.29, 1.82) is 0 Å². The second kappa shape index (κ2) is 6.76. The molecule has 7 nitrogen and oxygen atoms in total. The molecule has 2 aliphatic rings. The number of carbonyl (C=O) groups excluding carboxylic acids is 1. The van der Waals surface area contributed by atoms with Crippen molar-refractivity contribution in [3.8, 4) is 0 Å². The van der Waals surface area contributed by atoms with Crippen LogP contribution in [0, 0.1) is 5.41 Å². The summed E-state index contributed by atoms with van der Waals surface area (Å²) >= 11 is 0. The Kier molecular flexibility index (Phi) is 4.31. The van der Waals surface area contributed by atoms with Crippen LogP contribution in [0.1, 0.15) is 16.9 Å². The van der Waals surface area contributed by atoms with Crippen molar-refractivity contribution in [2.75, 3.05) is 44.3 Å². The predicted molar refractivity (Wildman–Crippen MR) is 92.3 cm³/mol. The molecule has 2 aromatic rings. The molecule has 4 heterocycles. The first kappa shape index (κ1) is 16.0. The number of amides is 1. The smallest absolute Gasteiger partial charge is 0.272 e. The van der Waals surface area contributed by atoms with Crippen molar-refractivity contribution in [1.82, 2.24) is 19.9 Å². The fourth-order valence-corrected chi connectivity index (χ4v) is 3.62.